The lowest BCUT2D eigenvalue weighted by Gasteiger charge is -2.33. The quantitative estimate of drug-likeness (QED) is 0.620. The van der Waals surface area contributed by atoms with E-state index in [1.54, 1.807) is 13.1 Å². The van der Waals surface area contributed by atoms with Gasteiger partial charge in [-0.15, -0.1) is 6.58 Å². The molecule has 0 N–H and O–H groups in total. The molecule has 29 heavy (non-hydrogen) atoms. The number of hydrogen-bond acceptors (Lipinski definition) is 5. The summed E-state index contributed by atoms with van der Waals surface area (Å²) in [6.07, 6.45) is 1.55. The highest BCUT2D eigenvalue weighted by atomic mass is 16.5. The molecule has 0 saturated heterocycles. The summed E-state index contributed by atoms with van der Waals surface area (Å²) >= 11 is 0. The number of aromatic nitrogens is 4. The fourth-order valence-electron chi connectivity index (χ4n) is 3.90. The molecule has 8 nitrogen and oxygen atoms in total. The van der Waals surface area contributed by atoms with Gasteiger partial charge in [-0.05, 0) is 37.1 Å². The lowest BCUT2D eigenvalue weighted by molar-refractivity contribution is 0.340. The molecule has 0 spiro atoms. The fourth-order valence-corrected chi connectivity index (χ4v) is 3.90. The van der Waals surface area contributed by atoms with E-state index in [1.165, 1.54) is 9.13 Å². The van der Waals surface area contributed by atoms with Crippen LogP contribution < -0.4 is 20.9 Å². The van der Waals surface area contributed by atoms with Crippen LogP contribution in [0.1, 0.15) is 13.8 Å². The van der Waals surface area contributed by atoms with Crippen molar-refractivity contribution in [2.45, 2.75) is 26.9 Å². The molecule has 0 saturated carbocycles. The lowest BCUT2D eigenvalue weighted by atomic mass is 10.1. The molecule has 1 atom stereocenters. The predicted octanol–water partition coefficient (Wildman–Crippen LogP) is 2.27. The second kappa shape index (κ2) is 7.27. The minimum absolute atomic E-state index is 0.167. The van der Waals surface area contributed by atoms with Gasteiger partial charge in [-0.3, -0.25) is 13.9 Å². The number of hydrogen-bond donors (Lipinski definition) is 0. The Bertz CT molecular complexity index is 1190. The van der Waals surface area contributed by atoms with Gasteiger partial charge in [-0.2, -0.15) is 4.98 Å². The first-order valence-electron chi connectivity index (χ1n) is 9.77. The van der Waals surface area contributed by atoms with Gasteiger partial charge in [0.25, 0.3) is 5.56 Å². The number of allylic oxidation sites excluding steroid dienone is 1. The smallest absolute Gasteiger partial charge is 0.332 e. The molecule has 0 unspecified atom stereocenters. The van der Waals surface area contributed by atoms with E-state index in [0.717, 1.165) is 18.0 Å². The molecular weight excluding hydrogens is 370 g/mol. The maximum absolute atomic E-state index is 13.1. The van der Waals surface area contributed by atoms with Crippen molar-refractivity contribution in [2.24, 2.45) is 13.0 Å². The molecule has 3 heterocycles. The standard InChI is InChI=1S/C21H25N5O3/c1-5-11-24-19(27)17-18(23(4)21(24)28)22-20-25(12-14(3)13-26(17)20)15-7-9-16(10-8-15)29-6-2/h5,7-10,14H,1,6,11-13H2,2-4H3/t14-/m0/s1. The maximum Gasteiger partial charge on any atom is 0.332 e. The van der Waals surface area contributed by atoms with Gasteiger partial charge in [0, 0.05) is 32.4 Å². The largest absolute Gasteiger partial charge is 0.494 e. The SMILES string of the molecule is C=CCn1c(=O)c2c(nc3n2C[C@@H](C)CN3c2ccc(OCC)cc2)n(C)c1=O. The van der Waals surface area contributed by atoms with E-state index in [0.29, 0.717) is 36.2 Å². The summed E-state index contributed by atoms with van der Waals surface area (Å²) in [7, 11) is 1.65. The normalized spacial score (nSPS) is 16.1. The third kappa shape index (κ3) is 3.04. The van der Waals surface area contributed by atoms with Crippen LogP contribution in [0.5, 0.6) is 5.75 Å². The molecule has 3 aromatic rings. The number of ether oxygens (including phenoxy) is 1. The molecule has 0 fully saturated rings. The van der Waals surface area contributed by atoms with E-state index in [1.807, 2.05) is 35.8 Å². The lowest BCUT2D eigenvalue weighted by Crippen LogP contribution is -2.40. The Labute approximate surface area is 168 Å². The average molecular weight is 395 g/mol. The zero-order valence-electron chi connectivity index (χ0n) is 17.0. The molecule has 152 valence electrons. The van der Waals surface area contributed by atoms with Gasteiger partial charge in [0.05, 0.1) is 6.61 Å². The van der Waals surface area contributed by atoms with Crippen LogP contribution in [-0.4, -0.2) is 31.8 Å². The summed E-state index contributed by atoms with van der Waals surface area (Å²) in [5.41, 5.74) is 1.10. The highest BCUT2D eigenvalue weighted by molar-refractivity contribution is 5.77. The van der Waals surface area contributed by atoms with Crippen molar-refractivity contribution in [2.75, 3.05) is 18.1 Å². The van der Waals surface area contributed by atoms with Gasteiger partial charge in [0.15, 0.2) is 11.2 Å². The number of nitrogens with zero attached hydrogens (tertiary/aromatic N) is 5. The minimum Gasteiger partial charge on any atom is -0.494 e. The molecule has 1 aromatic carbocycles. The summed E-state index contributed by atoms with van der Waals surface area (Å²) in [5.74, 6) is 1.78. The number of benzene rings is 1. The molecule has 8 heteroatoms. The van der Waals surface area contributed by atoms with Crippen LogP contribution in [0.25, 0.3) is 11.2 Å². The summed E-state index contributed by atoms with van der Waals surface area (Å²) < 4.78 is 10.1. The van der Waals surface area contributed by atoms with Crippen molar-refractivity contribution in [1.82, 2.24) is 18.7 Å². The van der Waals surface area contributed by atoms with Crippen molar-refractivity contribution in [3.63, 3.8) is 0 Å². The van der Waals surface area contributed by atoms with E-state index in [9.17, 15) is 9.59 Å². The Hall–Kier alpha value is -3.29. The van der Waals surface area contributed by atoms with E-state index in [2.05, 4.69) is 18.4 Å². The van der Waals surface area contributed by atoms with Crippen LogP contribution in [0.15, 0.2) is 46.5 Å². The van der Waals surface area contributed by atoms with Crippen molar-refractivity contribution in [3.05, 3.63) is 57.8 Å². The Kier molecular flexibility index (Phi) is 4.77. The van der Waals surface area contributed by atoms with Gasteiger partial charge in [-0.25, -0.2) is 4.79 Å². The van der Waals surface area contributed by atoms with Crippen molar-refractivity contribution >= 4 is 22.8 Å². The van der Waals surface area contributed by atoms with Crippen LogP contribution in [0.3, 0.4) is 0 Å². The van der Waals surface area contributed by atoms with Gasteiger partial charge in [0.1, 0.15) is 5.75 Å². The summed E-state index contributed by atoms with van der Waals surface area (Å²) in [5, 5.41) is 0. The monoisotopic (exact) mass is 395 g/mol. The van der Waals surface area contributed by atoms with Gasteiger partial charge < -0.3 is 14.2 Å². The first-order chi connectivity index (χ1) is 14.0. The van der Waals surface area contributed by atoms with Crippen LogP contribution in [0, 0.1) is 5.92 Å². The predicted molar refractivity (Wildman–Crippen MR) is 113 cm³/mol. The first-order valence-corrected chi connectivity index (χ1v) is 9.77. The van der Waals surface area contributed by atoms with E-state index in [-0.39, 0.29) is 12.1 Å². The van der Waals surface area contributed by atoms with Crippen LogP contribution in [0.4, 0.5) is 11.6 Å². The van der Waals surface area contributed by atoms with Crippen LogP contribution in [0.2, 0.25) is 0 Å². The van der Waals surface area contributed by atoms with Crippen molar-refractivity contribution < 1.29 is 4.74 Å². The Morgan fingerprint density at radius 2 is 1.97 bits per heavy atom. The van der Waals surface area contributed by atoms with Crippen LogP contribution >= 0.6 is 0 Å². The molecular formula is C21H25N5O3. The number of fused-ring (bicyclic) bond motifs is 3. The number of anilines is 2. The van der Waals surface area contributed by atoms with Crippen molar-refractivity contribution in [1.29, 1.82) is 0 Å². The number of imidazole rings is 1. The number of aryl methyl sites for hydroxylation is 1. The molecule has 4 rings (SSSR count). The van der Waals surface area contributed by atoms with Gasteiger partial charge >= 0.3 is 5.69 Å². The van der Waals surface area contributed by atoms with Gasteiger partial charge in [-0.1, -0.05) is 13.0 Å². The minimum atomic E-state index is -0.390. The van der Waals surface area contributed by atoms with Gasteiger partial charge in [0.2, 0.25) is 5.95 Å². The van der Waals surface area contributed by atoms with Crippen LogP contribution in [-0.2, 0) is 20.1 Å². The molecule has 0 amide bonds. The third-order valence-corrected chi connectivity index (χ3v) is 5.21. The fraction of sp³-hybridized carbons (Fsp3) is 0.381. The molecule has 0 aliphatic carbocycles. The Morgan fingerprint density at radius 3 is 2.62 bits per heavy atom. The molecule has 0 bridgehead atoms. The second-order valence-electron chi connectivity index (χ2n) is 7.38. The van der Waals surface area contributed by atoms with Crippen molar-refractivity contribution in [3.8, 4) is 5.75 Å². The maximum atomic E-state index is 13.1. The van der Waals surface area contributed by atoms with E-state index < -0.39 is 5.69 Å². The number of rotatable bonds is 5. The summed E-state index contributed by atoms with van der Waals surface area (Å²) in [4.78, 5) is 32.5. The first kappa shape index (κ1) is 19.0. The molecule has 2 aromatic heterocycles. The zero-order valence-corrected chi connectivity index (χ0v) is 17.0. The highest BCUT2D eigenvalue weighted by Gasteiger charge is 2.29. The highest BCUT2D eigenvalue weighted by Crippen LogP contribution is 2.33. The Morgan fingerprint density at radius 1 is 1.24 bits per heavy atom. The molecule has 1 aliphatic rings. The molecule has 1 aliphatic heterocycles. The Balaban J connectivity index is 1.92. The third-order valence-electron chi connectivity index (χ3n) is 5.21. The average Bonchev–Trinajstić information content (AvgIpc) is 3.09. The topological polar surface area (TPSA) is 74.3 Å². The summed E-state index contributed by atoms with van der Waals surface area (Å²) in [6.45, 7) is 9.96. The second-order valence-corrected chi connectivity index (χ2v) is 7.38. The molecule has 0 radical (unpaired) electrons. The van der Waals surface area contributed by atoms with E-state index >= 15 is 0 Å². The summed E-state index contributed by atoms with van der Waals surface area (Å²) in [6, 6.07) is 7.83. The van der Waals surface area contributed by atoms with E-state index in [4.69, 9.17) is 9.72 Å². The zero-order chi connectivity index (χ0) is 20.7.